The Kier molecular flexibility index (Phi) is 6.39. The number of pyridine rings is 1. The van der Waals surface area contributed by atoms with Gasteiger partial charge in [-0.15, -0.1) is 0 Å². The van der Waals surface area contributed by atoms with Gasteiger partial charge in [-0.1, -0.05) is 0 Å². The molecule has 2 saturated heterocycles. The van der Waals surface area contributed by atoms with Crippen molar-refractivity contribution in [3.8, 4) is 0 Å². The van der Waals surface area contributed by atoms with Crippen molar-refractivity contribution in [1.29, 1.82) is 0 Å². The maximum absolute atomic E-state index is 11.1. The second-order valence-electron chi connectivity index (χ2n) is 7.48. The molecule has 0 saturated carbocycles. The SMILES string of the molecule is CN1CCN([C@H]2CCN(Cc3ccncc3)C[C@H]2CCC(=O)O)CC1. The highest BCUT2D eigenvalue weighted by Crippen LogP contribution is 2.28. The molecule has 138 valence electrons. The summed E-state index contributed by atoms with van der Waals surface area (Å²) in [7, 11) is 2.18. The number of likely N-dealkylation sites (N-methyl/N-ethyl adjacent to an activating group) is 1. The molecule has 6 nitrogen and oxygen atoms in total. The van der Waals surface area contributed by atoms with E-state index in [1.165, 1.54) is 5.56 Å². The molecule has 2 atom stereocenters. The van der Waals surface area contributed by atoms with Crippen LogP contribution in [0.5, 0.6) is 0 Å². The van der Waals surface area contributed by atoms with E-state index < -0.39 is 5.97 Å². The second kappa shape index (κ2) is 8.74. The summed E-state index contributed by atoms with van der Waals surface area (Å²) < 4.78 is 0. The van der Waals surface area contributed by atoms with Gasteiger partial charge in [0, 0.05) is 64.1 Å². The van der Waals surface area contributed by atoms with E-state index >= 15 is 0 Å². The van der Waals surface area contributed by atoms with Crippen LogP contribution >= 0.6 is 0 Å². The molecule has 0 amide bonds. The maximum atomic E-state index is 11.1. The summed E-state index contributed by atoms with van der Waals surface area (Å²) in [6.45, 7) is 7.45. The standard InChI is InChI=1S/C19H30N4O2/c1-21-10-12-23(13-11-21)18-6-9-22(14-16-4-7-20-8-5-16)15-17(18)2-3-19(24)25/h4-5,7-8,17-18H,2-3,6,9-15H2,1H3,(H,24,25)/t17-,18+/m1/s1. The number of piperidine rings is 1. The highest BCUT2D eigenvalue weighted by molar-refractivity contribution is 5.66. The fourth-order valence-corrected chi connectivity index (χ4v) is 4.21. The fraction of sp³-hybridized carbons (Fsp3) is 0.684. The van der Waals surface area contributed by atoms with Crippen molar-refractivity contribution in [2.24, 2.45) is 5.92 Å². The molecule has 2 aliphatic rings. The van der Waals surface area contributed by atoms with Gasteiger partial charge < -0.3 is 10.0 Å². The lowest BCUT2D eigenvalue weighted by molar-refractivity contribution is -0.137. The lowest BCUT2D eigenvalue weighted by Gasteiger charge is -2.46. The van der Waals surface area contributed by atoms with Crippen molar-refractivity contribution in [1.82, 2.24) is 19.7 Å². The Bertz CT molecular complexity index is 546. The first kappa shape index (κ1) is 18.3. The zero-order valence-electron chi connectivity index (χ0n) is 15.2. The smallest absolute Gasteiger partial charge is 0.303 e. The highest BCUT2D eigenvalue weighted by atomic mass is 16.4. The number of hydrogen-bond acceptors (Lipinski definition) is 5. The number of carboxylic acids is 1. The first-order valence-corrected chi connectivity index (χ1v) is 9.37. The summed E-state index contributed by atoms with van der Waals surface area (Å²) in [6.07, 6.45) is 5.87. The van der Waals surface area contributed by atoms with Gasteiger partial charge in [0.25, 0.3) is 0 Å². The summed E-state index contributed by atoms with van der Waals surface area (Å²) in [5.41, 5.74) is 1.28. The van der Waals surface area contributed by atoms with E-state index in [9.17, 15) is 4.79 Å². The molecule has 1 aromatic heterocycles. The van der Waals surface area contributed by atoms with Crippen LogP contribution in [-0.4, -0.2) is 83.1 Å². The molecule has 6 heteroatoms. The predicted octanol–water partition coefficient (Wildman–Crippen LogP) is 1.38. The summed E-state index contributed by atoms with van der Waals surface area (Å²) in [5.74, 6) is -0.238. The predicted molar refractivity (Wildman–Crippen MR) is 97.3 cm³/mol. The number of rotatable bonds is 6. The minimum Gasteiger partial charge on any atom is -0.481 e. The normalized spacial score (nSPS) is 26.6. The number of aromatic nitrogens is 1. The number of nitrogens with zero attached hydrogens (tertiary/aromatic N) is 4. The van der Waals surface area contributed by atoms with Crippen LogP contribution in [0.4, 0.5) is 0 Å². The third-order valence-corrected chi connectivity index (χ3v) is 5.67. The largest absolute Gasteiger partial charge is 0.481 e. The van der Waals surface area contributed by atoms with Crippen LogP contribution in [0.2, 0.25) is 0 Å². The minimum atomic E-state index is -0.677. The Hall–Kier alpha value is -1.50. The number of likely N-dealkylation sites (tertiary alicyclic amines) is 1. The molecule has 0 spiro atoms. The van der Waals surface area contributed by atoms with Gasteiger partial charge in [0.2, 0.25) is 0 Å². The van der Waals surface area contributed by atoms with Gasteiger partial charge in [-0.2, -0.15) is 0 Å². The Morgan fingerprint density at radius 3 is 2.60 bits per heavy atom. The van der Waals surface area contributed by atoms with Crippen LogP contribution in [0, 0.1) is 5.92 Å². The lowest BCUT2D eigenvalue weighted by Crippen LogP contribution is -2.56. The molecular weight excluding hydrogens is 316 g/mol. The average Bonchev–Trinajstić information content (AvgIpc) is 2.62. The van der Waals surface area contributed by atoms with Crippen molar-refractivity contribution in [2.75, 3.05) is 46.3 Å². The van der Waals surface area contributed by atoms with Gasteiger partial charge in [-0.25, -0.2) is 0 Å². The Morgan fingerprint density at radius 1 is 1.20 bits per heavy atom. The molecule has 3 heterocycles. The van der Waals surface area contributed by atoms with Crippen LogP contribution in [-0.2, 0) is 11.3 Å². The van der Waals surface area contributed by atoms with Gasteiger partial charge in [0.05, 0.1) is 0 Å². The zero-order valence-corrected chi connectivity index (χ0v) is 15.2. The zero-order chi connectivity index (χ0) is 17.6. The average molecular weight is 346 g/mol. The van der Waals surface area contributed by atoms with Gasteiger partial charge in [0.1, 0.15) is 0 Å². The van der Waals surface area contributed by atoms with Crippen molar-refractivity contribution >= 4 is 5.97 Å². The first-order chi connectivity index (χ1) is 12.1. The molecule has 1 aromatic rings. The van der Waals surface area contributed by atoms with Gasteiger partial charge in [-0.05, 0) is 50.0 Å². The Labute approximate surface area is 150 Å². The molecule has 1 N–H and O–H groups in total. The van der Waals surface area contributed by atoms with Crippen molar-refractivity contribution in [2.45, 2.75) is 31.8 Å². The maximum Gasteiger partial charge on any atom is 0.303 e. The van der Waals surface area contributed by atoms with Gasteiger partial charge in [-0.3, -0.25) is 19.6 Å². The van der Waals surface area contributed by atoms with E-state index in [2.05, 4.69) is 38.9 Å². The van der Waals surface area contributed by atoms with E-state index in [4.69, 9.17) is 5.11 Å². The number of carboxylic acid groups (broad SMARTS) is 1. The van der Waals surface area contributed by atoms with Crippen LogP contribution in [0.25, 0.3) is 0 Å². The number of piperazine rings is 1. The lowest BCUT2D eigenvalue weighted by atomic mass is 9.86. The van der Waals surface area contributed by atoms with Crippen LogP contribution in [0.15, 0.2) is 24.5 Å². The third kappa shape index (κ3) is 5.23. The summed E-state index contributed by atoms with van der Waals surface area (Å²) in [5, 5.41) is 9.14. The van der Waals surface area contributed by atoms with Gasteiger partial charge in [0.15, 0.2) is 0 Å². The van der Waals surface area contributed by atoms with Crippen molar-refractivity contribution in [3.05, 3.63) is 30.1 Å². The molecule has 0 unspecified atom stereocenters. The van der Waals surface area contributed by atoms with Crippen LogP contribution in [0.1, 0.15) is 24.8 Å². The quantitative estimate of drug-likeness (QED) is 0.840. The number of hydrogen-bond donors (Lipinski definition) is 1. The fourth-order valence-electron chi connectivity index (χ4n) is 4.21. The minimum absolute atomic E-state index is 0.276. The molecular formula is C19H30N4O2. The topological polar surface area (TPSA) is 59.9 Å². The Morgan fingerprint density at radius 2 is 1.92 bits per heavy atom. The van der Waals surface area contributed by atoms with Crippen LogP contribution in [0.3, 0.4) is 0 Å². The molecule has 2 aliphatic heterocycles. The highest BCUT2D eigenvalue weighted by Gasteiger charge is 2.34. The van der Waals surface area contributed by atoms with Crippen molar-refractivity contribution in [3.63, 3.8) is 0 Å². The van der Waals surface area contributed by atoms with E-state index in [-0.39, 0.29) is 6.42 Å². The van der Waals surface area contributed by atoms with Gasteiger partial charge >= 0.3 is 5.97 Å². The molecule has 0 aromatic carbocycles. The first-order valence-electron chi connectivity index (χ1n) is 9.37. The molecule has 0 radical (unpaired) electrons. The van der Waals surface area contributed by atoms with E-state index in [0.717, 1.165) is 58.7 Å². The summed E-state index contributed by atoms with van der Waals surface area (Å²) in [4.78, 5) is 22.7. The van der Waals surface area contributed by atoms with Crippen molar-refractivity contribution < 1.29 is 9.90 Å². The molecule has 25 heavy (non-hydrogen) atoms. The van der Waals surface area contributed by atoms with E-state index in [0.29, 0.717) is 12.0 Å². The molecule has 0 bridgehead atoms. The molecule has 2 fully saturated rings. The van der Waals surface area contributed by atoms with Crippen LogP contribution < -0.4 is 0 Å². The molecule has 3 rings (SSSR count). The second-order valence-corrected chi connectivity index (χ2v) is 7.48. The number of carbonyl (C=O) groups is 1. The summed E-state index contributed by atoms with van der Waals surface area (Å²) in [6, 6.07) is 4.67. The van der Waals surface area contributed by atoms with E-state index in [1.54, 1.807) is 0 Å². The van der Waals surface area contributed by atoms with E-state index in [1.807, 2.05) is 12.4 Å². The molecule has 0 aliphatic carbocycles. The number of aliphatic carboxylic acids is 1. The third-order valence-electron chi connectivity index (χ3n) is 5.67. The monoisotopic (exact) mass is 346 g/mol. The summed E-state index contributed by atoms with van der Waals surface area (Å²) >= 11 is 0. The Balaban J connectivity index is 1.62.